The second-order valence-corrected chi connectivity index (χ2v) is 5.75. The zero-order valence-electron chi connectivity index (χ0n) is 14.1. The third-order valence-corrected chi connectivity index (χ3v) is 3.99. The first-order valence-corrected chi connectivity index (χ1v) is 8.45. The minimum absolute atomic E-state index is 0.141. The molecule has 1 heterocycles. The Hall–Kier alpha value is -2.85. The number of carbonyl (C=O) groups is 1. The SMILES string of the molecule is O=C(/C=C(\c1ccccc1)N1CCOCC1)N/C=C/c1ccccc1. The minimum Gasteiger partial charge on any atom is -0.378 e. The second-order valence-electron chi connectivity index (χ2n) is 5.75. The van der Waals surface area contributed by atoms with E-state index in [0.717, 1.165) is 29.9 Å². The maximum absolute atomic E-state index is 12.4. The van der Waals surface area contributed by atoms with Gasteiger partial charge in [0.05, 0.1) is 13.2 Å². The number of hydrogen-bond donors (Lipinski definition) is 1. The number of benzene rings is 2. The van der Waals surface area contributed by atoms with E-state index in [1.54, 1.807) is 12.3 Å². The van der Waals surface area contributed by atoms with Crippen molar-refractivity contribution in [3.8, 4) is 0 Å². The van der Waals surface area contributed by atoms with E-state index in [9.17, 15) is 4.79 Å². The van der Waals surface area contributed by atoms with E-state index < -0.39 is 0 Å². The van der Waals surface area contributed by atoms with Crippen LogP contribution in [-0.2, 0) is 9.53 Å². The average Bonchev–Trinajstić information content (AvgIpc) is 2.68. The van der Waals surface area contributed by atoms with Crippen LogP contribution in [0, 0.1) is 0 Å². The first-order valence-electron chi connectivity index (χ1n) is 8.45. The Morgan fingerprint density at radius 2 is 1.60 bits per heavy atom. The van der Waals surface area contributed by atoms with E-state index in [1.807, 2.05) is 66.7 Å². The molecule has 1 aliphatic rings. The molecular formula is C21H22N2O2. The third kappa shape index (κ3) is 5.06. The van der Waals surface area contributed by atoms with E-state index in [2.05, 4.69) is 10.2 Å². The first-order chi connectivity index (χ1) is 12.3. The van der Waals surface area contributed by atoms with Crippen molar-refractivity contribution in [3.63, 3.8) is 0 Å². The van der Waals surface area contributed by atoms with Crippen LogP contribution in [-0.4, -0.2) is 37.1 Å². The maximum Gasteiger partial charge on any atom is 0.250 e. The van der Waals surface area contributed by atoms with Crippen LogP contribution in [0.25, 0.3) is 11.8 Å². The van der Waals surface area contributed by atoms with Crippen molar-refractivity contribution in [2.75, 3.05) is 26.3 Å². The molecule has 0 atom stereocenters. The van der Waals surface area contributed by atoms with Crippen molar-refractivity contribution in [1.82, 2.24) is 10.2 Å². The van der Waals surface area contributed by atoms with Crippen molar-refractivity contribution < 1.29 is 9.53 Å². The summed E-state index contributed by atoms with van der Waals surface area (Å²) in [6, 6.07) is 19.9. The molecule has 3 rings (SSSR count). The Bertz CT molecular complexity index is 733. The molecule has 4 heteroatoms. The summed E-state index contributed by atoms with van der Waals surface area (Å²) in [6.07, 6.45) is 5.22. The third-order valence-electron chi connectivity index (χ3n) is 3.99. The lowest BCUT2D eigenvalue weighted by atomic mass is 10.1. The molecule has 1 aliphatic heterocycles. The summed E-state index contributed by atoms with van der Waals surface area (Å²) in [5.41, 5.74) is 3.00. The van der Waals surface area contributed by atoms with Crippen LogP contribution in [0.2, 0.25) is 0 Å². The van der Waals surface area contributed by atoms with Crippen molar-refractivity contribution >= 4 is 17.7 Å². The monoisotopic (exact) mass is 334 g/mol. The average molecular weight is 334 g/mol. The predicted octanol–water partition coefficient (Wildman–Crippen LogP) is 3.15. The fourth-order valence-corrected chi connectivity index (χ4v) is 2.72. The number of morpholine rings is 1. The van der Waals surface area contributed by atoms with Crippen molar-refractivity contribution in [1.29, 1.82) is 0 Å². The summed E-state index contributed by atoms with van der Waals surface area (Å²) in [6.45, 7) is 2.93. The van der Waals surface area contributed by atoms with Crippen molar-refractivity contribution in [2.24, 2.45) is 0 Å². The normalized spacial score (nSPS) is 15.4. The van der Waals surface area contributed by atoms with Gasteiger partial charge in [-0.15, -0.1) is 0 Å². The molecule has 1 saturated heterocycles. The summed E-state index contributed by atoms with van der Waals surface area (Å²) in [7, 11) is 0. The topological polar surface area (TPSA) is 41.6 Å². The number of nitrogens with zero attached hydrogens (tertiary/aromatic N) is 1. The van der Waals surface area contributed by atoms with Crippen molar-refractivity contribution in [2.45, 2.75) is 0 Å². The van der Waals surface area contributed by atoms with Gasteiger partial charge in [-0.2, -0.15) is 0 Å². The maximum atomic E-state index is 12.4. The molecule has 0 spiro atoms. The molecule has 1 fully saturated rings. The molecule has 0 aliphatic carbocycles. The van der Waals surface area contributed by atoms with Gasteiger partial charge in [-0.25, -0.2) is 0 Å². The molecule has 2 aromatic carbocycles. The van der Waals surface area contributed by atoms with Gasteiger partial charge in [0.1, 0.15) is 0 Å². The second kappa shape index (κ2) is 8.85. The number of ether oxygens (including phenoxy) is 1. The van der Waals surface area contributed by atoms with Crippen LogP contribution >= 0.6 is 0 Å². The Morgan fingerprint density at radius 1 is 0.960 bits per heavy atom. The fraction of sp³-hybridized carbons (Fsp3) is 0.190. The standard InChI is InChI=1S/C21H22N2O2/c24-21(22-12-11-18-7-3-1-4-8-18)17-20(19-9-5-2-6-10-19)23-13-15-25-16-14-23/h1-12,17H,13-16H2,(H,22,24)/b12-11+,20-17+. The van der Waals surface area contributed by atoms with E-state index in [4.69, 9.17) is 4.74 Å². The summed E-state index contributed by atoms with van der Waals surface area (Å²) < 4.78 is 5.42. The lowest BCUT2D eigenvalue weighted by Crippen LogP contribution is -2.35. The number of carbonyl (C=O) groups excluding carboxylic acids is 1. The molecule has 0 saturated carbocycles. The molecule has 0 radical (unpaired) electrons. The zero-order valence-corrected chi connectivity index (χ0v) is 14.1. The van der Waals surface area contributed by atoms with Crippen LogP contribution in [0.1, 0.15) is 11.1 Å². The molecule has 25 heavy (non-hydrogen) atoms. The summed E-state index contributed by atoms with van der Waals surface area (Å²) in [5.74, 6) is -0.141. The van der Waals surface area contributed by atoms with Crippen LogP contribution in [0.15, 0.2) is 72.9 Å². The van der Waals surface area contributed by atoms with Crippen LogP contribution in [0.5, 0.6) is 0 Å². The predicted molar refractivity (Wildman–Crippen MR) is 100 cm³/mol. The highest BCUT2D eigenvalue weighted by molar-refractivity contribution is 5.95. The van der Waals surface area contributed by atoms with Gasteiger partial charge < -0.3 is 15.0 Å². The highest BCUT2D eigenvalue weighted by Gasteiger charge is 2.16. The molecule has 0 unspecified atom stereocenters. The Kier molecular flexibility index (Phi) is 6.01. The molecule has 1 amide bonds. The van der Waals surface area contributed by atoms with Gasteiger partial charge in [0, 0.05) is 31.1 Å². The van der Waals surface area contributed by atoms with Crippen LogP contribution < -0.4 is 5.32 Å². The van der Waals surface area contributed by atoms with Gasteiger partial charge in [0.25, 0.3) is 0 Å². The summed E-state index contributed by atoms with van der Waals surface area (Å²) >= 11 is 0. The molecule has 0 aromatic heterocycles. The van der Waals surface area contributed by atoms with E-state index >= 15 is 0 Å². The van der Waals surface area contributed by atoms with Gasteiger partial charge >= 0.3 is 0 Å². The van der Waals surface area contributed by atoms with E-state index in [0.29, 0.717) is 13.2 Å². The van der Waals surface area contributed by atoms with Crippen LogP contribution in [0.3, 0.4) is 0 Å². The molecule has 4 nitrogen and oxygen atoms in total. The number of hydrogen-bond acceptors (Lipinski definition) is 3. The lowest BCUT2D eigenvalue weighted by Gasteiger charge is -2.31. The van der Waals surface area contributed by atoms with Gasteiger partial charge in [-0.05, 0) is 17.2 Å². The van der Waals surface area contributed by atoms with Gasteiger partial charge in [-0.3, -0.25) is 4.79 Å². The Labute approximate surface area is 148 Å². The van der Waals surface area contributed by atoms with Crippen LogP contribution in [0.4, 0.5) is 0 Å². The summed E-state index contributed by atoms with van der Waals surface area (Å²) in [5, 5.41) is 2.82. The minimum atomic E-state index is -0.141. The molecule has 1 N–H and O–H groups in total. The van der Waals surface area contributed by atoms with Gasteiger partial charge in [0.15, 0.2) is 0 Å². The number of nitrogens with one attached hydrogen (secondary N) is 1. The number of amides is 1. The number of rotatable bonds is 5. The smallest absolute Gasteiger partial charge is 0.250 e. The van der Waals surface area contributed by atoms with Crippen molar-refractivity contribution in [3.05, 3.63) is 84.1 Å². The molecule has 0 bridgehead atoms. The van der Waals surface area contributed by atoms with Gasteiger partial charge in [-0.1, -0.05) is 60.7 Å². The highest BCUT2D eigenvalue weighted by atomic mass is 16.5. The highest BCUT2D eigenvalue weighted by Crippen LogP contribution is 2.20. The molecular weight excluding hydrogens is 312 g/mol. The first kappa shape index (κ1) is 17.0. The van der Waals surface area contributed by atoms with Gasteiger partial charge in [0.2, 0.25) is 5.91 Å². The Balaban J connectivity index is 1.73. The lowest BCUT2D eigenvalue weighted by molar-refractivity contribution is -0.115. The Morgan fingerprint density at radius 3 is 2.28 bits per heavy atom. The quantitative estimate of drug-likeness (QED) is 0.854. The van der Waals surface area contributed by atoms with E-state index in [1.165, 1.54) is 0 Å². The fourth-order valence-electron chi connectivity index (χ4n) is 2.72. The molecule has 2 aromatic rings. The zero-order chi connectivity index (χ0) is 17.3. The van der Waals surface area contributed by atoms with E-state index in [-0.39, 0.29) is 5.91 Å². The largest absolute Gasteiger partial charge is 0.378 e. The summed E-state index contributed by atoms with van der Waals surface area (Å²) in [4.78, 5) is 14.6. The molecule has 128 valence electrons.